The van der Waals surface area contributed by atoms with Gasteiger partial charge in [0.05, 0.1) is 24.7 Å². The number of carbonyl (C=O) groups is 1. The van der Waals surface area contributed by atoms with Crippen molar-refractivity contribution in [2.24, 2.45) is 0 Å². The minimum atomic E-state index is -0.583. The van der Waals surface area contributed by atoms with Crippen LogP contribution in [0.3, 0.4) is 0 Å². The van der Waals surface area contributed by atoms with Gasteiger partial charge in [0.15, 0.2) is 0 Å². The second-order valence-corrected chi connectivity index (χ2v) is 8.68. The van der Waals surface area contributed by atoms with Gasteiger partial charge in [0, 0.05) is 28.4 Å². The molecule has 0 spiro atoms. The maximum Gasteiger partial charge on any atom is 0.332 e. The van der Waals surface area contributed by atoms with Crippen LogP contribution in [0.1, 0.15) is 25.3 Å². The Morgan fingerprint density at radius 2 is 2.13 bits per heavy atom. The summed E-state index contributed by atoms with van der Waals surface area (Å²) in [6, 6.07) is 8.33. The first kappa shape index (κ1) is 21.2. The number of halogens is 1. The fraction of sp³-hybridized carbons (Fsp3) is 0.333. The zero-order chi connectivity index (χ0) is 22.1. The maximum atomic E-state index is 13.4. The van der Waals surface area contributed by atoms with E-state index in [9.17, 15) is 19.6 Å². The molecule has 0 aliphatic carbocycles. The molecule has 0 radical (unpaired) electrons. The largest absolute Gasteiger partial charge is 0.497 e. The minimum absolute atomic E-state index is 0.0488. The Balaban J connectivity index is 1.97. The summed E-state index contributed by atoms with van der Waals surface area (Å²) in [7, 11) is 1.55. The van der Waals surface area contributed by atoms with E-state index in [-0.39, 0.29) is 18.9 Å². The highest BCUT2D eigenvalue weighted by Crippen LogP contribution is 2.37. The van der Waals surface area contributed by atoms with E-state index in [1.54, 1.807) is 31.4 Å². The highest BCUT2D eigenvalue weighted by atomic mass is 35.5. The van der Waals surface area contributed by atoms with E-state index in [0.717, 1.165) is 4.57 Å². The number of nitrogens with one attached hydrogen (secondary N) is 1. The monoisotopic (exact) mass is 458 g/mol. The molecular weight excluding hydrogens is 440 g/mol. The van der Waals surface area contributed by atoms with Crippen LogP contribution < -0.4 is 21.3 Å². The lowest BCUT2D eigenvalue weighted by molar-refractivity contribution is -0.121. The lowest BCUT2D eigenvalue weighted by Crippen LogP contribution is -2.42. The Labute approximate surface area is 186 Å². The zero-order valence-corrected chi connectivity index (χ0v) is 18.3. The zero-order valence-electron chi connectivity index (χ0n) is 16.7. The summed E-state index contributed by atoms with van der Waals surface area (Å²) in [5.74, 6) is 0.406. The van der Waals surface area contributed by atoms with Gasteiger partial charge in [-0.3, -0.25) is 18.7 Å². The first-order chi connectivity index (χ1) is 14.9. The molecule has 8 nitrogen and oxygen atoms in total. The topological polar surface area (TPSA) is 106 Å². The summed E-state index contributed by atoms with van der Waals surface area (Å²) >= 11 is 7.58. The number of amides is 1. The third-order valence-corrected chi connectivity index (χ3v) is 6.82. The number of fused-ring (bicyclic) bond motifs is 1. The van der Waals surface area contributed by atoms with Gasteiger partial charge < -0.3 is 10.1 Å². The summed E-state index contributed by atoms with van der Waals surface area (Å²) in [5.41, 5.74) is 0.00623. The number of aromatic nitrogens is 2. The second-order valence-electron chi connectivity index (χ2n) is 7.22. The third kappa shape index (κ3) is 3.84. The summed E-state index contributed by atoms with van der Waals surface area (Å²) < 4.78 is 8.04. The Morgan fingerprint density at radius 3 is 2.87 bits per heavy atom. The maximum absolute atomic E-state index is 13.4. The lowest BCUT2D eigenvalue weighted by atomic mass is 10.1. The van der Waals surface area contributed by atoms with Crippen LogP contribution in [0.15, 0.2) is 33.9 Å². The average Bonchev–Trinajstić information content (AvgIpc) is 3.08. The van der Waals surface area contributed by atoms with E-state index >= 15 is 0 Å². The SMILES string of the molecule is COc1ccc(Cl)c(-c2cc3c(s2)c(=O)n(C2CCCNC(=O)C2)c(=O)n3CC#N)c1. The Kier molecular flexibility index (Phi) is 5.85. The van der Waals surface area contributed by atoms with Crippen molar-refractivity contribution >= 4 is 39.1 Å². The van der Waals surface area contributed by atoms with Crippen molar-refractivity contribution in [3.63, 3.8) is 0 Å². The average molecular weight is 459 g/mol. The Hall–Kier alpha value is -3.09. The van der Waals surface area contributed by atoms with Crippen LogP contribution in [0.2, 0.25) is 5.02 Å². The van der Waals surface area contributed by atoms with Crippen LogP contribution >= 0.6 is 22.9 Å². The quantitative estimate of drug-likeness (QED) is 0.647. The van der Waals surface area contributed by atoms with Crippen LogP contribution in [-0.4, -0.2) is 28.7 Å². The number of hydrogen-bond acceptors (Lipinski definition) is 6. The highest BCUT2D eigenvalue weighted by Gasteiger charge is 2.26. The number of hydrogen-bond donors (Lipinski definition) is 1. The predicted octanol–water partition coefficient (Wildman–Crippen LogP) is 2.92. The van der Waals surface area contributed by atoms with E-state index in [0.29, 0.717) is 50.8 Å². The van der Waals surface area contributed by atoms with Gasteiger partial charge in [-0.05, 0) is 37.1 Å². The van der Waals surface area contributed by atoms with Gasteiger partial charge in [-0.15, -0.1) is 11.3 Å². The first-order valence-corrected chi connectivity index (χ1v) is 10.9. The fourth-order valence-corrected chi connectivity index (χ4v) is 5.24. The summed E-state index contributed by atoms with van der Waals surface area (Å²) in [4.78, 5) is 39.3. The van der Waals surface area contributed by atoms with Crippen LogP contribution in [0.25, 0.3) is 20.7 Å². The number of methoxy groups -OCH3 is 1. The highest BCUT2D eigenvalue weighted by molar-refractivity contribution is 7.22. The van der Waals surface area contributed by atoms with E-state index in [4.69, 9.17) is 16.3 Å². The number of rotatable bonds is 4. The van der Waals surface area contributed by atoms with Crippen molar-refractivity contribution in [1.29, 1.82) is 5.26 Å². The van der Waals surface area contributed by atoms with E-state index in [1.807, 2.05) is 6.07 Å². The van der Waals surface area contributed by atoms with E-state index < -0.39 is 17.3 Å². The molecule has 1 aliphatic rings. The summed E-state index contributed by atoms with van der Waals surface area (Å²) in [5, 5.41) is 12.5. The van der Waals surface area contributed by atoms with Gasteiger partial charge in [-0.2, -0.15) is 5.26 Å². The van der Waals surface area contributed by atoms with Gasteiger partial charge >= 0.3 is 5.69 Å². The molecule has 0 bridgehead atoms. The molecule has 10 heteroatoms. The van der Waals surface area contributed by atoms with Gasteiger partial charge in [-0.25, -0.2) is 4.79 Å². The molecule has 3 aromatic rings. The minimum Gasteiger partial charge on any atom is -0.497 e. The lowest BCUT2D eigenvalue weighted by Gasteiger charge is -2.17. The molecule has 1 unspecified atom stereocenters. The van der Waals surface area contributed by atoms with Crippen molar-refractivity contribution in [1.82, 2.24) is 14.5 Å². The number of ether oxygens (including phenoxy) is 1. The molecule has 160 valence electrons. The van der Waals surface area contributed by atoms with Crippen molar-refractivity contribution < 1.29 is 9.53 Å². The molecule has 4 rings (SSSR count). The van der Waals surface area contributed by atoms with E-state index in [1.165, 1.54) is 15.9 Å². The van der Waals surface area contributed by atoms with Gasteiger partial charge in [-0.1, -0.05) is 11.6 Å². The van der Waals surface area contributed by atoms with Crippen LogP contribution in [0.5, 0.6) is 5.75 Å². The Morgan fingerprint density at radius 1 is 1.32 bits per heavy atom. The molecule has 0 saturated carbocycles. The molecule has 1 N–H and O–H groups in total. The summed E-state index contributed by atoms with van der Waals surface area (Å²) in [6.45, 7) is 0.298. The van der Waals surface area contributed by atoms with Crippen LogP contribution in [0, 0.1) is 11.3 Å². The number of nitrogens with zero attached hydrogens (tertiary/aromatic N) is 3. The molecular formula is C21H19ClN4O4S. The molecule has 31 heavy (non-hydrogen) atoms. The number of carbonyl (C=O) groups excluding carboxylic acids is 1. The number of nitriles is 1. The number of thiophene rings is 1. The van der Waals surface area contributed by atoms with Crippen molar-refractivity contribution in [2.75, 3.05) is 13.7 Å². The van der Waals surface area contributed by atoms with Gasteiger partial charge in [0.2, 0.25) is 5.91 Å². The van der Waals surface area contributed by atoms with Gasteiger partial charge in [0.1, 0.15) is 17.0 Å². The molecule has 3 heterocycles. The Bertz CT molecular complexity index is 1330. The molecule has 1 saturated heterocycles. The molecule has 1 fully saturated rings. The standard InChI is InChI=1S/C21H19ClN4O4S/c1-30-13-4-5-15(22)14(10-13)17-11-16-19(31-17)20(28)26(21(29)25(16)8-6-23)12-3-2-7-24-18(27)9-12/h4-5,10-12H,2-3,7-9H2,1H3,(H,24,27). The third-order valence-electron chi connectivity index (χ3n) is 5.34. The fourth-order valence-electron chi connectivity index (χ4n) is 3.84. The smallest absolute Gasteiger partial charge is 0.332 e. The van der Waals surface area contributed by atoms with Crippen LogP contribution in [-0.2, 0) is 11.3 Å². The first-order valence-electron chi connectivity index (χ1n) is 9.71. The van der Waals surface area contributed by atoms with Crippen molar-refractivity contribution in [3.8, 4) is 22.3 Å². The van der Waals surface area contributed by atoms with Crippen molar-refractivity contribution in [2.45, 2.75) is 31.8 Å². The van der Waals surface area contributed by atoms with E-state index in [2.05, 4.69) is 5.32 Å². The predicted molar refractivity (Wildman–Crippen MR) is 119 cm³/mol. The molecule has 1 aromatic carbocycles. The molecule has 1 atom stereocenters. The molecule has 1 aliphatic heterocycles. The second kappa shape index (κ2) is 8.57. The van der Waals surface area contributed by atoms with Crippen molar-refractivity contribution in [3.05, 3.63) is 50.1 Å². The molecule has 1 amide bonds. The summed E-state index contributed by atoms with van der Waals surface area (Å²) in [6.07, 6.45) is 1.23. The van der Waals surface area contributed by atoms with Gasteiger partial charge in [0.25, 0.3) is 5.56 Å². The van der Waals surface area contributed by atoms with Crippen LogP contribution in [0.4, 0.5) is 0 Å². The molecule has 2 aromatic heterocycles. The number of benzene rings is 1. The normalized spacial score (nSPS) is 16.5.